The van der Waals surface area contributed by atoms with E-state index < -0.39 is 0 Å². The minimum Gasteiger partial charge on any atom is -0.386 e. The molecule has 0 amide bonds. The van der Waals surface area contributed by atoms with Crippen LogP contribution in [0.25, 0.3) is 6.08 Å². The number of H-pyrrole nitrogens is 1. The fourth-order valence-corrected chi connectivity index (χ4v) is 1.11. The summed E-state index contributed by atoms with van der Waals surface area (Å²) in [5.74, 6) is 0. The van der Waals surface area contributed by atoms with Crippen LogP contribution >= 0.6 is 0 Å². The number of fused-ring (bicyclic) bond motifs is 1. The standard InChI is InChI=1S/C8H8N2/c1-2-7-6-9-5-3-8(7)10-4-1/h1-5,9H,6H2/p+1. The van der Waals surface area contributed by atoms with E-state index in [2.05, 4.69) is 16.4 Å². The largest absolute Gasteiger partial charge is 0.386 e. The van der Waals surface area contributed by atoms with Crippen molar-refractivity contribution >= 4 is 6.08 Å². The molecule has 1 aromatic heterocycles. The van der Waals surface area contributed by atoms with Gasteiger partial charge in [-0.05, 0) is 6.07 Å². The molecule has 2 heteroatoms. The molecule has 0 radical (unpaired) electrons. The highest BCUT2D eigenvalue weighted by molar-refractivity contribution is 5.47. The lowest BCUT2D eigenvalue weighted by atomic mass is 10.1. The SMILES string of the molecule is C1=Cc2[nH+]cccc2CN1. The molecule has 2 nitrogen and oxygen atoms in total. The Hall–Kier alpha value is -1.31. The van der Waals surface area contributed by atoms with E-state index in [1.54, 1.807) is 0 Å². The fraction of sp³-hybridized carbons (Fsp3) is 0.125. The lowest BCUT2D eigenvalue weighted by molar-refractivity contribution is -0.381. The Morgan fingerprint density at radius 2 is 2.50 bits per heavy atom. The van der Waals surface area contributed by atoms with Crippen molar-refractivity contribution in [2.24, 2.45) is 0 Å². The van der Waals surface area contributed by atoms with Crippen LogP contribution < -0.4 is 10.3 Å². The number of rotatable bonds is 0. The predicted octanol–water partition coefficient (Wildman–Crippen LogP) is 0.575. The van der Waals surface area contributed by atoms with Gasteiger partial charge in [0.1, 0.15) is 0 Å². The number of pyridine rings is 1. The van der Waals surface area contributed by atoms with E-state index in [9.17, 15) is 0 Å². The van der Waals surface area contributed by atoms with Gasteiger partial charge in [-0.2, -0.15) is 0 Å². The lowest BCUT2D eigenvalue weighted by Gasteiger charge is -2.05. The Morgan fingerprint density at radius 1 is 1.50 bits per heavy atom. The number of hydrogen-bond donors (Lipinski definition) is 1. The van der Waals surface area contributed by atoms with E-state index in [0.29, 0.717) is 0 Å². The molecule has 1 aliphatic rings. The van der Waals surface area contributed by atoms with Crippen molar-refractivity contribution in [3.63, 3.8) is 0 Å². The molecule has 0 bridgehead atoms. The van der Waals surface area contributed by atoms with Crippen molar-refractivity contribution in [1.29, 1.82) is 0 Å². The Labute approximate surface area is 59.6 Å². The van der Waals surface area contributed by atoms with Crippen molar-refractivity contribution in [1.82, 2.24) is 5.32 Å². The highest BCUT2D eigenvalue weighted by atomic mass is 14.8. The van der Waals surface area contributed by atoms with Gasteiger partial charge in [-0.3, -0.25) is 0 Å². The fourth-order valence-electron chi connectivity index (χ4n) is 1.11. The van der Waals surface area contributed by atoms with Crippen LogP contribution in [0.5, 0.6) is 0 Å². The molecule has 2 heterocycles. The molecular weight excluding hydrogens is 124 g/mol. The minimum atomic E-state index is 0.934. The van der Waals surface area contributed by atoms with E-state index >= 15 is 0 Å². The summed E-state index contributed by atoms with van der Waals surface area (Å²) in [4.78, 5) is 3.16. The summed E-state index contributed by atoms with van der Waals surface area (Å²) in [5, 5.41) is 3.14. The van der Waals surface area contributed by atoms with Crippen LogP contribution in [-0.4, -0.2) is 0 Å². The molecule has 0 saturated carbocycles. The molecule has 0 aromatic carbocycles. The highest BCUT2D eigenvalue weighted by Crippen LogP contribution is 2.06. The molecular formula is C8H9N2+. The molecule has 2 rings (SSSR count). The van der Waals surface area contributed by atoms with Gasteiger partial charge in [-0.25, -0.2) is 4.98 Å². The van der Waals surface area contributed by atoms with Crippen molar-refractivity contribution < 1.29 is 4.98 Å². The van der Waals surface area contributed by atoms with E-state index in [-0.39, 0.29) is 0 Å². The summed E-state index contributed by atoms with van der Waals surface area (Å²) in [6.07, 6.45) is 5.94. The first-order valence-corrected chi connectivity index (χ1v) is 3.36. The normalized spacial score (nSPS) is 14.0. The van der Waals surface area contributed by atoms with Gasteiger partial charge < -0.3 is 5.32 Å². The third-order valence-corrected chi connectivity index (χ3v) is 1.64. The van der Waals surface area contributed by atoms with Crippen molar-refractivity contribution in [2.45, 2.75) is 6.54 Å². The number of aromatic amines is 1. The van der Waals surface area contributed by atoms with Gasteiger partial charge in [-0.15, -0.1) is 0 Å². The molecule has 10 heavy (non-hydrogen) atoms. The lowest BCUT2D eigenvalue weighted by Crippen LogP contribution is -2.17. The van der Waals surface area contributed by atoms with E-state index in [1.165, 1.54) is 11.3 Å². The van der Waals surface area contributed by atoms with Crippen LogP contribution in [0.4, 0.5) is 0 Å². The first kappa shape index (κ1) is 5.47. The average molecular weight is 133 g/mol. The molecule has 50 valence electrons. The maximum atomic E-state index is 3.16. The summed E-state index contributed by atoms with van der Waals surface area (Å²) < 4.78 is 0. The van der Waals surface area contributed by atoms with Gasteiger partial charge in [0.15, 0.2) is 6.20 Å². The summed E-state index contributed by atoms with van der Waals surface area (Å²) >= 11 is 0. The van der Waals surface area contributed by atoms with Gasteiger partial charge >= 0.3 is 0 Å². The van der Waals surface area contributed by atoms with Crippen LogP contribution in [0.3, 0.4) is 0 Å². The Kier molecular flexibility index (Phi) is 1.17. The third-order valence-electron chi connectivity index (χ3n) is 1.64. The van der Waals surface area contributed by atoms with Gasteiger partial charge in [0, 0.05) is 30.5 Å². The molecule has 0 fully saturated rings. The topological polar surface area (TPSA) is 26.2 Å². The first-order valence-electron chi connectivity index (χ1n) is 3.36. The van der Waals surface area contributed by atoms with Crippen LogP contribution in [0.1, 0.15) is 11.3 Å². The Morgan fingerprint density at radius 3 is 3.40 bits per heavy atom. The van der Waals surface area contributed by atoms with E-state index in [0.717, 1.165) is 6.54 Å². The van der Waals surface area contributed by atoms with Crippen molar-refractivity contribution in [3.8, 4) is 0 Å². The number of aromatic nitrogens is 1. The molecule has 0 spiro atoms. The maximum absolute atomic E-state index is 3.16. The van der Waals surface area contributed by atoms with Gasteiger partial charge in [0.2, 0.25) is 5.69 Å². The predicted molar refractivity (Wildman–Crippen MR) is 38.9 cm³/mol. The van der Waals surface area contributed by atoms with E-state index in [1.807, 2.05) is 24.5 Å². The quantitative estimate of drug-likeness (QED) is 0.550. The second-order valence-corrected chi connectivity index (χ2v) is 2.32. The zero-order valence-electron chi connectivity index (χ0n) is 5.59. The first-order chi connectivity index (χ1) is 4.97. The zero-order valence-corrected chi connectivity index (χ0v) is 5.59. The van der Waals surface area contributed by atoms with Gasteiger partial charge in [0.05, 0.1) is 0 Å². The second kappa shape index (κ2) is 2.14. The van der Waals surface area contributed by atoms with E-state index in [4.69, 9.17) is 0 Å². The summed E-state index contributed by atoms with van der Waals surface area (Å²) in [6.45, 7) is 0.934. The van der Waals surface area contributed by atoms with Crippen LogP contribution in [0.2, 0.25) is 0 Å². The smallest absolute Gasteiger partial charge is 0.209 e. The summed E-state index contributed by atoms with van der Waals surface area (Å²) in [6, 6.07) is 4.13. The highest BCUT2D eigenvalue weighted by Gasteiger charge is 2.06. The monoisotopic (exact) mass is 133 g/mol. The van der Waals surface area contributed by atoms with Crippen LogP contribution in [0, 0.1) is 0 Å². The Balaban J connectivity index is 2.54. The average Bonchev–Trinajstić information content (AvgIpc) is 2.05. The van der Waals surface area contributed by atoms with Crippen LogP contribution in [0.15, 0.2) is 24.5 Å². The van der Waals surface area contributed by atoms with Gasteiger partial charge in [0.25, 0.3) is 0 Å². The molecule has 0 unspecified atom stereocenters. The molecule has 2 N–H and O–H groups in total. The summed E-state index contributed by atoms with van der Waals surface area (Å²) in [7, 11) is 0. The second-order valence-electron chi connectivity index (χ2n) is 2.32. The zero-order chi connectivity index (χ0) is 6.81. The van der Waals surface area contributed by atoms with Gasteiger partial charge in [-0.1, -0.05) is 0 Å². The minimum absolute atomic E-state index is 0.934. The number of hydrogen-bond acceptors (Lipinski definition) is 1. The number of nitrogens with one attached hydrogen (secondary N) is 2. The summed E-state index contributed by atoms with van der Waals surface area (Å²) in [5.41, 5.74) is 2.53. The molecule has 0 atom stereocenters. The molecule has 1 aliphatic heterocycles. The van der Waals surface area contributed by atoms with Crippen LogP contribution in [-0.2, 0) is 6.54 Å². The molecule has 1 aromatic rings. The maximum Gasteiger partial charge on any atom is 0.209 e. The molecule has 0 saturated heterocycles. The van der Waals surface area contributed by atoms with Crippen molar-refractivity contribution in [3.05, 3.63) is 35.8 Å². The molecule has 0 aliphatic carbocycles. The Bertz CT molecular complexity index is 266. The van der Waals surface area contributed by atoms with Crippen molar-refractivity contribution in [2.75, 3.05) is 0 Å². The third kappa shape index (κ3) is 0.778.